The molecule has 0 N–H and O–H groups in total. The van der Waals surface area contributed by atoms with Crippen LogP contribution in [0.2, 0.25) is 0 Å². The normalized spacial score (nSPS) is 18.2. The van der Waals surface area contributed by atoms with Crippen molar-refractivity contribution in [1.29, 1.82) is 0 Å². The minimum atomic E-state index is -0.511. The van der Waals surface area contributed by atoms with Crippen LogP contribution in [0.4, 0.5) is 10.5 Å². The van der Waals surface area contributed by atoms with Crippen LogP contribution in [0.15, 0.2) is 24.3 Å². The highest BCUT2D eigenvalue weighted by Gasteiger charge is 2.28. The summed E-state index contributed by atoms with van der Waals surface area (Å²) in [6.45, 7) is 6.10. The number of carbonyl (C=O) groups is 2. The van der Waals surface area contributed by atoms with E-state index in [0.717, 1.165) is 17.7 Å². The van der Waals surface area contributed by atoms with Gasteiger partial charge < -0.3 is 14.5 Å². The molecule has 0 radical (unpaired) electrons. The molecule has 1 aliphatic rings. The van der Waals surface area contributed by atoms with E-state index in [9.17, 15) is 9.59 Å². The van der Waals surface area contributed by atoms with Crippen molar-refractivity contribution in [2.75, 3.05) is 25.5 Å². The van der Waals surface area contributed by atoms with Crippen LogP contribution < -0.4 is 4.90 Å². The Morgan fingerprint density at radius 2 is 2.00 bits per heavy atom. The van der Waals surface area contributed by atoms with Crippen molar-refractivity contribution in [3.8, 4) is 0 Å². The molecule has 2 rings (SSSR count). The number of hydrogen-bond acceptors (Lipinski definition) is 3. The summed E-state index contributed by atoms with van der Waals surface area (Å²) in [5.74, 6) is 0.234. The predicted octanol–water partition coefficient (Wildman–Crippen LogP) is 3.39. The molecule has 1 atom stereocenters. The van der Waals surface area contributed by atoms with Gasteiger partial charge in [-0.1, -0.05) is 18.2 Å². The van der Waals surface area contributed by atoms with E-state index in [0.29, 0.717) is 13.0 Å². The molecule has 0 aromatic heterocycles. The van der Waals surface area contributed by atoms with Gasteiger partial charge in [0, 0.05) is 38.7 Å². The third-order valence-corrected chi connectivity index (χ3v) is 4.02. The van der Waals surface area contributed by atoms with Crippen molar-refractivity contribution >= 4 is 17.7 Å². The lowest BCUT2D eigenvalue weighted by Gasteiger charge is -2.28. The Hall–Kier alpha value is -2.04. The Kier molecular flexibility index (Phi) is 4.97. The van der Waals surface area contributed by atoms with Gasteiger partial charge >= 0.3 is 6.09 Å². The Labute approximate surface area is 138 Å². The number of carbonyl (C=O) groups excluding carboxylic acids is 2. The van der Waals surface area contributed by atoms with Crippen molar-refractivity contribution in [2.24, 2.45) is 0 Å². The number of benzene rings is 1. The largest absolute Gasteiger partial charge is 0.444 e. The van der Waals surface area contributed by atoms with Gasteiger partial charge in [-0.15, -0.1) is 0 Å². The number of amides is 2. The second-order valence-electron chi connectivity index (χ2n) is 7.11. The van der Waals surface area contributed by atoms with Crippen LogP contribution in [0.25, 0.3) is 0 Å². The number of fused-ring (bicyclic) bond motifs is 1. The first-order valence-electron chi connectivity index (χ1n) is 7.98. The standard InChI is InChI=1S/C18H26N2O3/c1-18(2,3)23-17(22)19(4)12-13-10-11-16(21)20(5)15-9-7-6-8-14(13)15/h6-9,13H,10-12H2,1-5H3. The molecule has 126 valence electrons. The van der Waals surface area contributed by atoms with Crippen LogP contribution >= 0.6 is 0 Å². The van der Waals surface area contributed by atoms with Crippen LogP contribution in [-0.4, -0.2) is 43.1 Å². The molecule has 0 spiro atoms. The van der Waals surface area contributed by atoms with Gasteiger partial charge in [-0.3, -0.25) is 4.79 Å². The first-order valence-corrected chi connectivity index (χ1v) is 7.98. The van der Waals surface area contributed by atoms with Gasteiger partial charge in [-0.05, 0) is 38.8 Å². The molecular weight excluding hydrogens is 292 g/mol. The summed E-state index contributed by atoms with van der Waals surface area (Å²) in [7, 11) is 3.55. The number of rotatable bonds is 2. The molecule has 0 bridgehead atoms. The average Bonchev–Trinajstić information content (AvgIpc) is 2.58. The summed E-state index contributed by atoms with van der Waals surface area (Å²) in [6.07, 6.45) is 0.879. The summed E-state index contributed by atoms with van der Waals surface area (Å²) in [6, 6.07) is 7.91. The molecule has 23 heavy (non-hydrogen) atoms. The Morgan fingerprint density at radius 1 is 1.35 bits per heavy atom. The van der Waals surface area contributed by atoms with Gasteiger partial charge in [0.1, 0.15) is 5.60 Å². The summed E-state index contributed by atoms with van der Waals surface area (Å²) in [4.78, 5) is 27.6. The van der Waals surface area contributed by atoms with Crippen molar-refractivity contribution in [2.45, 2.75) is 45.1 Å². The monoisotopic (exact) mass is 318 g/mol. The SMILES string of the molecule is CN(CC1CCC(=O)N(C)c2ccccc21)C(=O)OC(C)(C)C. The van der Waals surface area contributed by atoms with E-state index < -0.39 is 5.60 Å². The van der Waals surface area contributed by atoms with Crippen LogP contribution in [-0.2, 0) is 9.53 Å². The fourth-order valence-electron chi connectivity index (χ4n) is 2.83. The van der Waals surface area contributed by atoms with Gasteiger partial charge in [0.25, 0.3) is 0 Å². The van der Waals surface area contributed by atoms with E-state index in [1.807, 2.05) is 45.0 Å². The summed E-state index contributed by atoms with van der Waals surface area (Å²) < 4.78 is 5.41. The maximum absolute atomic E-state index is 12.2. The quantitative estimate of drug-likeness (QED) is 0.840. The van der Waals surface area contributed by atoms with Crippen molar-refractivity contribution in [3.63, 3.8) is 0 Å². The molecule has 2 amide bonds. The van der Waals surface area contributed by atoms with Crippen molar-refractivity contribution < 1.29 is 14.3 Å². The zero-order valence-electron chi connectivity index (χ0n) is 14.6. The van der Waals surface area contributed by atoms with Crippen molar-refractivity contribution in [3.05, 3.63) is 29.8 Å². The lowest BCUT2D eigenvalue weighted by molar-refractivity contribution is -0.118. The molecule has 1 aromatic rings. The number of ether oxygens (including phenoxy) is 1. The minimum Gasteiger partial charge on any atom is -0.444 e. The molecule has 0 saturated carbocycles. The molecule has 1 aliphatic heterocycles. The third-order valence-electron chi connectivity index (χ3n) is 4.02. The topological polar surface area (TPSA) is 49.9 Å². The van der Waals surface area contributed by atoms with Crippen LogP contribution in [0.3, 0.4) is 0 Å². The maximum atomic E-state index is 12.2. The maximum Gasteiger partial charge on any atom is 0.410 e. The van der Waals surface area contributed by atoms with E-state index >= 15 is 0 Å². The van der Waals surface area contributed by atoms with E-state index in [2.05, 4.69) is 0 Å². The summed E-state index contributed by atoms with van der Waals surface area (Å²) >= 11 is 0. The molecule has 0 fully saturated rings. The molecule has 1 heterocycles. The second-order valence-corrected chi connectivity index (χ2v) is 7.11. The number of hydrogen-bond donors (Lipinski definition) is 0. The van der Waals surface area contributed by atoms with E-state index in [4.69, 9.17) is 4.74 Å². The highest BCUT2D eigenvalue weighted by atomic mass is 16.6. The highest BCUT2D eigenvalue weighted by molar-refractivity contribution is 5.94. The molecule has 5 heteroatoms. The van der Waals surface area contributed by atoms with Gasteiger partial charge in [0.05, 0.1) is 0 Å². The lowest BCUT2D eigenvalue weighted by Crippen LogP contribution is -2.36. The Balaban J connectivity index is 2.18. The van der Waals surface area contributed by atoms with Gasteiger partial charge in [0.2, 0.25) is 5.91 Å². The fourth-order valence-corrected chi connectivity index (χ4v) is 2.83. The summed E-state index contributed by atoms with van der Waals surface area (Å²) in [5, 5.41) is 0. The average molecular weight is 318 g/mol. The lowest BCUT2D eigenvalue weighted by atomic mass is 9.93. The fraction of sp³-hybridized carbons (Fsp3) is 0.556. The number of nitrogens with zero attached hydrogens (tertiary/aromatic N) is 2. The van der Waals surface area contributed by atoms with Crippen LogP contribution in [0, 0.1) is 0 Å². The zero-order chi connectivity index (χ0) is 17.2. The molecule has 0 saturated heterocycles. The number of likely N-dealkylation sites (N-methyl/N-ethyl adjacent to an activating group) is 1. The molecule has 5 nitrogen and oxygen atoms in total. The van der Waals surface area contributed by atoms with E-state index in [1.54, 1.807) is 23.9 Å². The van der Waals surface area contributed by atoms with Gasteiger partial charge in [-0.25, -0.2) is 4.79 Å². The first-order chi connectivity index (χ1) is 10.7. The minimum absolute atomic E-state index is 0.111. The first kappa shape index (κ1) is 17.3. The van der Waals surface area contributed by atoms with Gasteiger partial charge in [-0.2, -0.15) is 0 Å². The molecular formula is C18H26N2O3. The zero-order valence-corrected chi connectivity index (χ0v) is 14.6. The van der Waals surface area contributed by atoms with E-state index in [1.165, 1.54) is 0 Å². The second kappa shape index (κ2) is 6.60. The molecule has 1 aromatic carbocycles. The molecule has 1 unspecified atom stereocenters. The van der Waals surface area contributed by atoms with Crippen LogP contribution in [0.5, 0.6) is 0 Å². The highest BCUT2D eigenvalue weighted by Crippen LogP contribution is 2.34. The van der Waals surface area contributed by atoms with E-state index in [-0.39, 0.29) is 17.9 Å². The van der Waals surface area contributed by atoms with Crippen molar-refractivity contribution in [1.82, 2.24) is 4.90 Å². The Bertz CT molecular complexity index is 592. The third kappa shape index (κ3) is 4.24. The van der Waals surface area contributed by atoms with Gasteiger partial charge in [0.15, 0.2) is 0 Å². The number of anilines is 1. The molecule has 0 aliphatic carbocycles. The van der Waals surface area contributed by atoms with Crippen LogP contribution in [0.1, 0.15) is 45.1 Å². The predicted molar refractivity (Wildman–Crippen MR) is 90.7 cm³/mol. The number of para-hydroxylation sites is 1. The smallest absolute Gasteiger partial charge is 0.410 e. The Morgan fingerprint density at radius 3 is 2.65 bits per heavy atom. The summed E-state index contributed by atoms with van der Waals surface area (Å²) in [5.41, 5.74) is 1.52.